The minimum Gasteiger partial charge on any atom is -0.371 e. The van der Waals surface area contributed by atoms with Gasteiger partial charge in [0.25, 0.3) is 0 Å². The highest BCUT2D eigenvalue weighted by Crippen LogP contribution is 2.34. The van der Waals surface area contributed by atoms with Crippen LogP contribution in [0.25, 0.3) is 0 Å². The number of ether oxygens (including phenoxy) is 1. The van der Waals surface area contributed by atoms with E-state index in [2.05, 4.69) is 46.9 Å². The Bertz CT molecular complexity index is 407. The highest BCUT2D eigenvalue weighted by atomic mass is 32.1. The summed E-state index contributed by atoms with van der Waals surface area (Å²) in [6.45, 7) is 16.9. The summed E-state index contributed by atoms with van der Waals surface area (Å²) in [7, 11) is 0. The van der Waals surface area contributed by atoms with Gasteiger partial charge in [-0.05, 0) is 13.3 Å². The predicted octanol–water partition coefficient (Wildman–Crippen LogP) is 4.43. The highest BCUT2D eigenvalue weighted by molar-refractivity contribution is 7.11. The molecule has 0 aliphatic heterocycles. The highest BCUT2D eigenvalue weighted by Gasteiger charge is 2.25. The van der Waals surface area contributed by atoms with Crippen LogP contribution in [-0.4, -0.2) is 17.6 Å². The van der Waals surface area contributed by atoms with Gasteiger partial charge in [0.2, 0.25) is 0 Å². The molecule has 0 spiro atoms. The zero-order valence-corrected chi connectivity index (χ0v) is 14.9. The number of hydrogen-bond donors (Lipinski definition) is 1. The van der Waals surface area contributed by atoms with Crippen molar-refractivity contribution in [3.63, 3.8) is 0 Å². The minimum atomic E-state index is 0.0766. The molecule has 0 aliphatic carbocycles. The smallest absolute Gasteiger partial charge is 0.122 e. The molecule has 4 heteroatoms. The van der Waals surface area contributed by atoms with Crippen molar-refractivity contribution in [2.45, 2.75) is 79.0 Å². The summed E-state index contributed by atoms with van der Waals surface area (Å²) in [6.07, 6.45) is 1.11. The van der Waals surface area contributed by atoms with Gasteiger partial charge in [0.15, 0.2) is 0 Å². The van der Waals surface area contributed by atoms with Crippen LogP contribution in [0.3, 0.4) is 0 Å². The van der Waals surface area contributed by atoms with Crippen LogP contribution in [0.4, 0.5) is 0 Å². The molecule has 0 saturated heterocycles. The summed E-state index contributed by atoms with van der Waals surface area (Å²) in [5.41, 5.74) is 1.29. The van der Waals surface area contributed by atoms with Crippen molar-refractivity contribution in [1.82, 2.24) is 10.3 Å². The summed E-state index contributed by atoms with van der Waals surface area (Å²) < 4.78 is 5.81. The zero-order valence-electron chi connectivity index (χ0n) is 14.0. The van der Waals surface area contributed by atoms with Crippen LogP contribution in [0, 0.1) is 0 Å². The topological polar surface area (TPSA) is 34.1 Å². The maximum Gasteiger partial charge on any atom is 0.122 e. The zero-order chi connectivity index (χ0) is 15.3. The van der Waals surface area contributed by atoms with E-state index in [1.165, 1.54) is 10.6 Å². The van der Waals surface area contributed by atoms with Crippen LogP contribution in [0.15, 0.2) is 0 Å². The van der Waals surface area contributed by atoms with Gasteiger partial charge in [0.05, 0.1) is 5.69 Å². The van der Waals surface area contributed by atoms with Gasteiger partial charge in [0, 0.05) is 29.5 Å². The van der Waals surface area contributed by atoms with E-state index in [4.69, 9.17) is 9.72 Å². The summed E-state index contributed by atoms with van der Waals surface area (Å²) in [5.74, 6) is 0. The normalized spacial score (nSPS) is 14.0. The molecule has 0 aromatic carbocycles. The molecule has 0 aliphatic rings. The molecule has 20 heavy (non-hydrogen) atoms. The number of thiazole rings is 1. The van der Waals surface area contributed by atoms with Crippen LogP contribution < -0.4 is 5.32 Å². The van der Waals surface area contributed by atoms with Crippen molar-refractivity contribution >= 4 is 11.3 Å². The van der Waals surface area contributed by atoms with Gasteiger partial charge in [-0.2, -0.15) is 0 Å². The van der Waals surface area contributed by atoms with E-state index in [0.717, 1.165) is 24.6 Å². The number of rotatable bonds is 7. The van der Waals surface area contributed by atoms with Crippen molar-refractivity contribution in [2.24, 2.45) is 0 Å². The van der Waals surface area contributed by atoms with Gasteiger partial charge < -0.3 is 10.1 Å². The average molecular weight is 298 g/mol. The molecule has 0 saturated carbocycles. The SMILES string of the molecule is CCOC(CC)c1nc(C(C)(C)C)c(CNC(C)C)s1. The second-order valence-corrected chi connectivity index (χ2v) is 7.58. The molecule has 1 rings (SSSR count). The molecule has 116 valence electrons. The number of hydrogen-bond acceptors (Lipinski definition) is 4. The third-order valence-electron chi connectivity index (χ3n) is 3.11. The Morgan fingerprint density at radius 1 is 1.25 bits per heavy atom. The van der Waals surface area contributed by atoms with Crippen LogP contribution in [0.1, 0.15) is 76.6 Å². The second kappa shape index (κ2) is 7.53. The lowest BCUT2D eigenvalue weighted by atomic mass is 9.91. The lowest BCUT2D eigenvalue weighted by Gasteiger charge is -2.18. The molecule has 1 unspecified atom stereocenters. The molecule has 1 heterocycles. The van der Waals surface area contributed by atoms with E-state index in [9.17, 15) is 0 Å². The average Bonchev–Trinajstić information content (AvgIpc) is 2.77. The van der Waals surface area contributed by atoms with Gasteiger partial charge >= 0.3 is 0 Å². The largest absolute Gasteiger partial charge is 0.371 e. The van der Waals surface area contributed by atoms with Gasteiger partial charge in [-0.15, -0.1) is 11.3 Å². The van der Waals surface area contributed by atoms with E-state index in [1.54, 1.807) is 11.3 Å². The second-order valence-electron chi connectivity index (χ2n) is 6.46. The lowest BCUT2D eigenvalue weighted by molar-refractivity contribution is 0.0594. The fraction of sp³-hybridized carbons (Fsp3) is 0.812. The molecule has 0 amide bonds. The molecule has 1 N–H and O–H groups in total. The van der Waals surface area contributed by atoms with E-state index >= 15 is 0 Å². The molecule has 1 atom stereocenters. The summed E-state index contributed by atoms with van der Waals surface area (Å²) >= 11 is 1.80. The molecule has 1 aromatic heterocycles. The standard InChI is InChI=1S/C16H30N2OS/c1-8-12(19-9-2)15-18-14(16(5,6)7)13(20-15)10-17-11(3)4/h11-12,17H,8-10H2,1-7H3. The Morgan fingerprint density at radius 3 is 2.35 bits per heavy atom. The molecular weight excluding hydrogens is 268 g/mol. The molecule has 0 bridgehead atoms. The third kappa shape index (κ3) is 4.83. The maximum absolute atomic E-state index is 5.81. The van der Waals surface area contributed by atoms with Crippen molar-refractivity contribution in [1.29, 1.82) is 0 Å². The Labute approximate surface area is 128 Å². The predicted molar refractivity (Wildman–Crippen MR) is 87.4 cm³/mol. The first-order valence-electron chi connectivity index (χ1n) is 7.64. The van der Waals surface area contributed by atoms with Crippen molar-refractivity contribution in [3.8, 4) is 0 Å². The van der Waals surface area contributed by atoms with Crippen LogP contribution in [0.2, 0.25) is 0 Å². The molecular formula is C16H30N2OS. The fourth-order valence-corrected chi connectivity index (χ4v) is 3.43. The molecule has 0 radical (unpaired) electrons. The van der Waals surface area contributed by atoms with Gasteiger partial charge in [-0.25, -0.2) is 4.98 Å². The Morgan fingerprint density at radius 2 is 1.90 bits per heavy atom. The van der Waals surface area contributed by atoms with E-state index < -0.39 is 0 Å². The van der Waals surface area contributed by atoms with Crippen molar-refractivity contribution in [3.05, 3.63) is 15.6 Å². The summed E-state index contributed by atoms with van der Waals surface area (Å²) in [6, 6.07) is 0.488. The molecule has 3 nitrogen and oxygen atoms in total. The first kappa shape index (κ1) is 17.6. The number of aromatic nitrogens is 1. The van der Waals surface area contributed by atoms with Crippen LogP contribution in [0.5, 0.6) is 0 Å². The minimum absolute atomic E-state index is 0.0766. The lowest BCUT2D eigenvalue weighted by Crippen LogP contribution is -2.23. The van der Waals surface area contributed by atoms with Crippen molar-refractivity contribution < 1.29 is 4.74 Å². The third-order valence-corrected chi connectivity index (χ3v) is 4.26. The van der Waals surface area contributed by atoms with Gasteiger partial charge in [0.1, 0.15) is 11.1 Å². The Hall–Kier alpha value is -0.450. The van der Waals surface area contributed by atoms with E-state index in [-0.39, 0.29) is 11.5 Å². The number of nitrogens with one attached hydrogen (secondary N) is 1. The van der Waals surface area contributed by atoms with Gasteiger partial charge in [-0.1, -0.05) is 41.5 Å². The molecule has 0 fully saturated rings. The van der Waals surface area contributed by atoms with Crippen LogP contribution in [-0.2, 0) is 16.7 Å². The van der Waals surface area contributed by atoms with E-state index in [1.807, 2.05) is 6.92 Å². The monoisotopic (exact) mass is 298 g/mol. The Balaban J connectivity index is 3.04. The first-order valence-corrected chi connectivity index (χ1v) is 8.46. The Kier molecular flexibility index (Phi) is 6.62. The first-order chi connectivity index (χ1) is 9.29. The van der Waals surface area contributed by atoms with Crippen LogP contribution >= 0.6 is 11.3 Å². The quantitative estimate of drug-likeness (QED) is 0.809. The van der Waals surface area contributed by atoms with Crippen molar-refractivity contribution in [2.75, 3.05) is 6.61 Å². The van der Waals surface area contributed by atoms with Gasteiger partial charge in [-0.3, -0.25) is 0 Å². The van der Waals surface area contributed by atoms with E-state index in [0.29, 0.717) is 6.04 Å². The fourth-order valence-electron chi connectivity index (χ4n) is 2.08. The summed E-state index contributed by atoms with van der Waals surface area (Å²) in [5, 5.41) is 4.63. The number of nitrogens with zero attached hydrogens (tertiary/aromatic N) is 1. The maximum atomic E-state index is 5.81. The molecule has 1 aromatic rings. The summed E-state index contributed by atoms with van der Waals surface area (Å²) in [4.78, 5) is 6.25.